The topological polar surface area (TPSA) is 94.3 Å². The van der Waals surface area contributed by atoms with Crippen molar-refractivity contribution in [3.63, 3.8) is 0 Å². The number of rotatable bonds is 7. The largest absolute Gasteiger partial charge is 0.469 e. The highest BCUT2D eigenvalue weighted by atomic mass is 32.1. The molecule has 3 N–H and O–H groups in total. The summed E-state index contributed by atoms with van der Waals surface area (Å²) in [5.41, 5.74) is 5.93. The third-order valence-electron chi connectivity index (χ3n) is 2.24. The van der Waals surface area contributed by atoms with Gasteiger partial charge in [0.25, 0.3) is 0 Å². The molecule has 0 fully saturated rings. The summed E-state index contributed by atoms with van der Waals surface area (Å²) in [5.74, 6) is -0.600. The quantitative estimate of drug-likeness (QED) is 0.719. The van der Waals surface area contributed by atoms with Crippen molar-refractivity contribution in [2.45, 2.75) is 32.2 Å². The molecule has 1 aromatic rings. The molecule has 1 heterocycles. The number of esters is 1. The number of methoxy groups -OCH3 is 1. The Morgan fingerprint density at radius 1 is 1.61 bits per heavy atom. The third kappa shape index (κ3) is 5.13. The number of thiazole rings is 1. The molecule has 1 aromatic heterocycles. The van der Waals surface area contributed by atoms with Crippen LogP contribution < -0.4 is 11.1 Å². The van der Waals surface area contributed by atoms with Gasteiger partial charge in [0.2, 0.25) is 5.91 Å². The molecule has 1 amide bonds. The van der Waals surface area contributed by atoms with Crippen LogP contribution in [-0.2, 0) is 20.7 Å². The Bertz CT molecular complexity index is 419. The van der Waals surface area contributed by atoms with Crippen molar-refractivity contribution < 1.29 is 14.3 Å². The molecule has 0 radical (unpaired) electrons. The summed E-state index contributed by atoms with van der Waals surface area (Å²) < 4.78 is 4.56. The predicted octanol–water partition coefficient (Wildman–Crippen LogP) is 0.924. The van der Waals surface area contributed by atoms with E-state index in [2.05, 4.69) is 15.0 Å². The number of aromatic nitrogens is 1. The van der Waals surface area contributed by atoms with Crippen molar-refractivity contribution in [2.24, 2.45) is 5.73 Å². The Kier molecular flexibility index (Phi) is 5.57. The van der Waals surface area contributed by atoms with Crippen molar-refractivity contribution in [1.29, 1.82) is 0 Å². The number of hydrogen-bond acceptors (Lipinski definition) is 6. The Morgan fingerprint density at radius 2 is 2.33 bits per heavy atom. The van der Waals surface area contributed by atoms with Crippen molar-refractivity contribution in [3.8, 4) is 0 Å². The van der Waals surface area contributed by atoms with Crippen LogP contribution in [0.3, 0.4) is 0 Å². The molecule has 18 heavy (non-hydrogen) atoms. The minimum Gasteiger partial charge on any atom is -0.469 e. The molecule has 0 saturated carbocycles. The highest BCUT2D eigenvalue weighted by Crippen LogP contribution is 2.18. The fourth-order valence-electron chi connectivity index (χ4n) is 1.38. The van der Waals surface area contributed by atoms with E-state index >= 15 is 0 Å². The first kappa shape index (κ1) is 14.4. The van der Waals surface area contributed by atoms with Gasteiger partial charge in [-0.15, -0.1) is 11.3 Å². The molecular formula is C11H17N3O3S. The first-order chi connectivity index (χ1) is 8.51. The van der Waals surface area contributed by atoms with Gasteiger partial charge in [-0.05, 0) is 6.92 Å². The highest BCUT2D eigenvalue weighted by Gasteiger charge is 2.09. The maximum Gasteiger partial charge on any atom is 0.305 e. The summed E-state index contributed by atoms with van der Waals surface area (Å²) in [5, 5.41) is 5.69. The Hall–Kier alpha value is -1.63. The second kappa shape index (κ2) is 6.95. The lowest BCUT2D eigenvalue weighted by molar-refractivity contribution is -0.140. The van der Waals surface area contributed by atoms with Crippen LogP contribution in [0.25, 0.3) is 0 Å². The van der Waals surface area contributed by atoms with Gasteiger partial charge in [-0.25, -0.2) is 4.98 Å². The normalized spacial score (nSPS) is 11.9. The molecule has 0 bridgehead atoms. The first-order valence-electron chi connectivity index (χ1n) is 5.57. The Labute approximate surface area is 110 Å². The smallest absolute Gasteiger partial charge is 0.305 e. The zero-order valence-electron chi connectivity index (χ0n) is 10.4. The van der Waals surface area contributed by atoms with Gasteiger partial charge in [-0.2, -0.15) is 0 Å². The molecule has 0 aliphatic rings. The molecule has 1 atom stereocenters. The predicted molar refractivity (Wildman–Crippen MR) is 69.3 cm³/mol. The Morgan fingerprint density at radius 3 is 2.94 bits per heavy atom. The van der Waals surface area contributed by atoms with E-state index in [0.29, 0.717) is 12.8 Å². The number of ether oxygens (including phenoxy) is 1. The van der Waals surface area contributed by atoms with E-state index in [0.717, 1.165) is 10.8 Å². The second-order valence-electron chi connectivity index (χ2n) is 3.94. The molecule has 0 aliphatic carbocycles. The summed E-state index contributed by atoms with van der Waals surface area (Å²) in [4.78, 5) is 26.0. The monoisotopic (exact) mass is 271 g/mol. The van der Waals surface area contributed by atoms with Gasteiger partial charge < -0.3 is 15.8 Å². The van der Waals surface area contributed by atoms with Crippen LogP contribution in [0.2, 0.25) is 0 Å². The van der Waals surface area contributed by atoms with E-state index in [1.54, 1.807) is 0 Å². The lowest BCUT2D eigenvalue weighted by Crippen LogP contribution is -2.23. The fourth-order valence-corrected chi connectivity index (χ4v) is 2.24. The summed E-state index contributed by atoms with van der Waals surface area (Å²) >= 11 is 1.44. The fraction of sp³-hybridized carbons (Fsp3) is 0.545. The van der Waals surface area contributed by atoms with Gasteiger partial charge >= 0.3 is 5.97 Å². The van der Waals surface area contributed by atoms with Crippen molar-refractivity contribution in [1.82, 2.24) is 4.98 Å². The van der Waals surface area contributed by atoms with E-state index in [1.807, 2.05) is 12.3 Å². The van der Waals surface area contributed by atoms with Crippen molar-refractivity contribution in [2.75, 3.05) is 12.4 Å². The number of primary amides is 1. The number of aryl methyl sites for hydroxylation is 1. The molecule has 7 heteroatoms. The van der Waals surface area contributed by atoms with Crippen LogP contribution in [0, 0.1) is 0 Å². The number of carbonyl (C=O) groups is 2. The van der Waals surface area contributed by atoms with E-state index in [9.17, 15) is 9.59 Å². The van der Waals surface area contributed by atoms with Gasteiger partial charge in [0, 0.05) is 24.3 Å². The molecule has 0 saturated heterocycles. The van der Waals surface area contributed by atoms with Crippen LogP contribution in [0.15, 0.2) is 5.38 Å². The maximum atomic E-state index is 11.0. The Balaban J connectivity index is 2.43. The minimum atomic E-state index is -0.350. The van der Waals surface area contributed by atoms with Crippen LogP contribution in [-0.4, -0.2) is 30.0 Å². The second-order valence-corrected chi connectivity index (χ2v) is 4.79. The lowest BCUT2D eigenvalue weighted by Gasteiger charge is -2.09. The van der Waals surface area contributed by atoms with Crippen LogP contribution in [0.4, 0.5) is 5.13 Å². The molecule has 6 nitrogen and oxygen atoms in total. The average molecular weight is 271 g/mol. The van der Waals surface area contributed by atoms with E-state index in [-0.39, 0.29) is 24.3 Å². The summed E-state index contributed by atoms with van der Waals surface area (Å²) in [7, 11) is 1.36. The average Bonchev–Trinajstić information content (AvgIpc) is 2.72. The lowest BCUT2D eigenvalue weighted by atomic mass is 10.2. The number of nitrogens with zero attached hydrogens (tertiary/aromatic N) is 1. The molecule has 0 spiro atoms. The van der Waals surface area contributed by atoms with Crippen LogP contribution in [0.5, 0.6) is 0 Å². The van der Waals surface area contributed by atoms with Gasteiger partial charge in [-0.3, -0.25) is 9.59 Å². The van der Waals surface area contributed by atoms with Gasteiger partial charge in [0.05, 0.1) is 19.2 Å². The minimum absolute atomic E-state index is 0.0536. The standard InChI is InChI=1S/C11H17N3O3S/c1-7(5-9(12)15)13-11-14-8(6-18-11)3-4-10(16)17-2/h6-7H,3-5H2,1-2H3,(H2,12,15)(H,13,14). The molecule has 1 unspecified atom stereocenters. The summed E-state index contributed by atoms with van der Waals surface area (Å²) in [6, 6.07) is -0.0536. The van der Waals surface area contributed by atoms with E-state index < -0.39 is 0 Å². The number of anilines is 1. The molecule has 100 valence electrons. The number of hydrogen-bond donors (Lipinski definition) is 2. The van der Waals surface area contributed by atoms with Crippen LogP contribution in [0.1, 0.15) is 25.5 Å². The third-order valence-corrected chi connectivity index (χ3v) is 3.06. The van der Waals surface area contributed by atoms with Gasteiger partial charge in [0.1, 0.15) is 0 Å². The van der Waals surface area contributed by atoms with Gasteiger partial charge in [0.15, 0.2) is 5.13 Å². The molecule has 1 rings (SSSR count). The SMILES string of the molecule is COC(=O)CCc1csc(NC(C)CC(N)=O)n1. The van der Waals surface area contributed by atoms with E-state index in [4.69, 9.17) is 5.73 Å². The molecule has 0 aliphatic heterocycles. The van der Waals surface area contributed by atoms with E-state index in [1.165, 1.54) is 18.4 Å². The number of nitrogens with one attached hydrogen (secondary N) is 1. The number of nitrogens with two attached hydrogens (primary N) is 1. The maximum absolute atomic E-state index is 11.0. The number of carbonyl (C=O) groups excluding carboxylic acids is 2. The zero-order valence-corrected chi connectivity index (χ0v) is 11.3. The summed E-state index contributed by atoms with van der Waals surface area (Å²) in [6.45, 7) is 1.86. The first-order valence-corrected chi connectivity index (χ1v) is 6.45. The zero-order chi connectivity index (χ0) is 13.5. The van der Waals surface area contributed by atoms with Crippen LogP contribution >= 0.6 is 11.3 Å². The highest BCUT2D eigenvalue weighted by molar-refractivity contribution is 7.13. The van der Waals surface area contributed by atoms with Crippen molar-refractivity contribution >= 4 is 28.3 Å². The molecular weight excluding hydrogens is 254 g/mol. The van der Waals surface area contributed by atoms with Crippen molar-refractivity contribution in [3.05, 3.63) is 11.1 Å². The summed E-state index contributed by atoms with van der Waals surface area (Å²) in [6.07, 6.45) is 1.13. The number of amides is 1. The molecule has 0 aromatic carbocycles. The van der Waals surface area contributed by atoms with Gasteiger partial charge in [-0.1, -0.05) is 0 Å².